The van der Waals surface area contributed by atoms with Crippen molar-refractivity contribution in [2.45, 2.75) is 6.42 Å². The molecule has 3 aromatic rings. The monoisotopic (exact) mass is 260 g/mol. The van der Waals surface area contributed by atoms with Gasteiger partial charge in [0.2, 0.25) is 5.95 Å². The van der Waals surface area contributed by atoms with E-state index < -0.39 is 0 Å². The van der Waals surface area contributed by atoms with Crippen LogP contribution in [0.25, 0.3) is 17.0 Å². The normalized spacial score (nSPS) is 10.1. The maximum absolute atomic E-state index is 8.93. The first-order valence-corrected chi connectivity index (χ1v) is 5.90. The van der Waals surface area contributed by atoms with Crippen molar-refractivity contribution in [1.82, 2.24) is 19.5 Å². The molecule has 0 N–H and O–H groups in total. The van der Waals surface area contributed by atoms with E-state index in [1.165, 1.54) is 12.3 Å². The SMILES string of the molecule is N#CCc1nc2ccccc2n1-c1nccc(C#N)n1. The van der Waals surface area contributed by atoms with Crippen molar-refractivity contribution in [1.29, 1.82) is 10.5 Å². The number of para-hydroxylation sites is 2. The Balaban J connectivity index is 2.31. The molecule has 20 heavy (non-hydrogen) atoms. The lowest BCUT2D eigenvalue weighted by Gasteiger charge is -2.05. The van der Waals surface area contributed by atoms with E-state index in [2.05, 4.69) is 21.0 Å². The molecular formula is C14H8N6. The highest BCUT2D eigenvalue weighted by Gasteiger charge is 2.14. The van der Waals surface area contributed by atoms with Crippen LogP contribution in [0.3, 0.4) is 0 Å². The van der Waals surface area contributed by atoms with Crippen LogP contribution in [-0.4, -0.2) is 19.5 Å². The molecule has 0 amide bonds. The Labute approximate surface area is 114 Å². The number of rotatable bonds is 2. The topological polar surface area (TPSA) is 91.2 Å². The molecule has 0 atom stereocenters. The van der Waals surface area contributed by atoms with E-state index in [-0.39, 0.29) is 12.1 Å². The summed E-state index contributed by atoms with van der Waals surface area (Å²) in [6, 6.07) is 13.1. The molecule has 0 unspecified atom stereocenters. The van der Waals surface area contributed by atoms with Crippen LogP contribution in [0.5, 0.6) is 0 Å². The molecule has 0 saturated heterocycles. The fourth-order valence-corrected chi connectivity index (χ4v) is 2.01. The highest BCUT2D eigenvalue weighted by atomic mass is 15.2. The molecule has 6 nitrogen and oxygen atoms in total. The lowest BCUT2D eigenvalue weighted by molar-refractivity contribution is 0.876. The summed E-state index contributed by atoms with van der Waals surface area (Å²) in [6.07, 6.45) is 1.67. The van der Waals surface area contributed by atoms with Gasteiger partial charge in [-0.05, 0) is 18.2 Å². The molecule has 2 aromatic heterocycles. The summed E-state index contributed by atoms with van der Waals surface area (Å²) in [5.74, 6) is 0.909. The van der Waals surface area contributed by atoms with Gasteiger partial charge in [0.1, 0.15) is 17.6 Å². The van der Waals surface area contributed by atoms with Crippen LogP contribution in [0.1, 0.15) is 11.5 Å². The van der Waals surface area contributed by atoms with E-state index in [0.717, 1.165) is 11.0 Å². The molecule has 0 aliphatic carbocycles. The summed E-state index contributed by atoms with van der Waals surface area (Å²) in [5.41, 5.74) is 1.85. The quantitative estimate of drug-likeness (QED) is 0.700. The highest BCUT2D eigenvalue weighted by molar-refractivity contribution is 5.77. The zero-order valence-corrected chi connectivity index (χ0v) is 10.4. The fraction of sp³-hybridized carbons (Fsp3) is 0.0714. The maximum Gasteiger partial charge on any atom is 0.236 e. The van der Waals surface area contributed by atoms with Crippen LogP contribution in [0, 0.1) is 22.7 Å². The second-order valence-corrected chi connectivity index (χ2v) is 4.04. The van der Waals surface area contributed by atoms with Gasteiger partial charge in [-0.1, -0.05) is 12.1 Å². The Morgan fingerprint density at radius 1 is 1.10 bits per heavy atom. The van der Waals surface area contributed by atoms with Crippen LogP contribution < -0.4 is 0 Å². The Bertz CT molecular complexity index is 865. The van der Waals surface area contributed by atoms with Crippen molar-refractivity contribution < 1.29 is 0 Å². The molecule has 0 saturated carbocycles. The summed E-state index contributed by atoms with van der Waals surface area (Å²) >= 11 is 0. The van der Waals surface area contributed by atoms with Crippen LogP contribution >= 0.6 is 0 Å². The lowest BCUT2D eigenvalue weighted by Crippen LogP contribution is -2.06. The van der Waals surface area contributed by atoms with Crippen LogP contribution in [0.4, 0.5) is 0 Å². The number of hydrogen-bond donors (Lipinski definition) is 0. The van der Waals surface area contributed by atoms with Crippen molar-refractivity contribution in [3.05, 3.63) is 48.0 Å². The van der Waals surface area contributed by atoms with Gasteiger partial charge in [0.15, 0.2) is 0 Å². The first-order chi connectivity index (χ1) is 9.83. The summed E-state index contributed by atoms with van der Waals surface area (Å²) in [7, 11) is 0. The van der Waals surface area contributed by atoms with Gasteiger partial charge in [0, 0.05) is 6.20 Å². The van der Waals surface area contributed by atoms with Gasteiger partial charge in [0.05, 0.1) is 23.5 Å². The van der Waals surface area contributed by atoms with E-state index in [1.54, 1.807) is 4.57 Å². The molecule has 2 heterocycles. The van der Waals surface area contributed by atoms with E-state index in [4.69, 9.17) is 10.5 Å². The zero-order chi connectivity index (χ0) is 13.9. The molecular weight excluding hydrogens is 252 g/mol. The molecule has 0 aliphatic heterocycles. The number of nitriles is 2. The second kappa shape index (κ2) is 4.79. The van der Waals surface area contributed by atoms with Gasteiger partial charge in [-0.2, -0.15) is 10.5 Å². The van der Waals surface area contributed by atoms with Gasteiger partial charge in [-0.3, -0.25) is 4.57 Å². The molecule has 3 rings (SSSR count). The minimum atomic E-state index is 0.148. The third-order valence-electron chi connectivity index (χ3n) is 2.82. The van der Waals surface area contributed by atoms with Crippen LogP contribution in [0.2, 0.25) is 0 Å². The summed E-state index contributed by atoms with van der Waals surface area (Å²) < 4.78 is 1.71. The standard InChI is InChI=1S/C14H8N6/c15-7-5-13-19-11-3-1-2-4-12(11)20(13)14-17-8-6-10(9-16)18-14/h1-4,6,8H,5H2. The van der Waals surface area contributed by atoms with Gasteiger partial charge >= 0.3 is 0 Å². The first-order valence-electron chi connectivity index (χ1n) is 5.90. The molecule has 0 fully saturated rings. The summed E-state index contributed by atoms with van der Waals surface area (Å²) in [4.78, 5) is 12.8. The second-order valence-electron chi connectivity index (χ2n) is 4.04. The predicted molar refractivity (Wildman–Crippen MR) is 70.7 cm³/mol. The predicted octanol–water partition coefficient (Wildman–Crippen LogP) is 1.75. The van der Waals surface area contributed by atoms with Gasteiger partial charge in [0.25, 0.3) is 0 Å². The van der Waals surface area contributed by atoms with Gasteiger partial charge in [-0.25, -0.2) is 15.0 Å². The van der Waals surface area contributed by atoms with Crippen molar-refractivity contribution in [3.63, 3.8) is 0 Å². The Morgan fingerprint density at radius 3 is 2.75 bits per heavy atom. The average molecular weight is 260 g/mol. The minimum absolute atomic E-state index is 0.148. The van der Waals surface area contributed by atoms with E-state index in [9.17, 15) is 0 Å². The maximum atomic E-state index is 8.93. The molecule has 1 aromatic carbocycles. The Hall–Kier alpha value is -3.25. The summed E-state index contributed by atoms with van der Waals surface area (Å²) in [5, 5.41) is 17.8. The molecule has 0 radical (unpaired) electrons. The molecule has 94 valence electrons. The van der Waals surface area contributed by atoms with Gasteiger partial charge in [-0.15, -0.1) is 0 Å². The van der Waals surface area contributed by atoms with E-state index in [0.29, 0.717) is 11.8 Å². The van der Waals surface area contributed by atoms with Crippen LogP contribution in [0.15, 0.2) is 36.5 Å². The third kappa shape index (κ3) is 1.86. The van der Waals surface area contributed by atoms with Crippen molar-refractivity contribution in [3.8, 4) is 18.1 Å². The lowest BCUT2D eigenvalue weighted by atomic mass is 10.3. The zero-order valence-electron chi connectivity index (χ0n) is 10.4. The molecule has 6 heteroatoms. The Kier molecular flexibility index (Phi) is 2.83. The number of nitrogens with zero attached hydrogens (tertiary/aromatic N) is 6. The largest absolute Gasteiger partial charge is 0.263 e. The van der Waals surface area contributed by atoms with E-state index >= 15 is 0 Å². The van der Waals surface area contributed by atoms with Crippen LogP contribution in [-0.2, 0) is 6.42 Å². The highest BCUT2D eigenvalue weighted by Crippen LogP contribution is 2.19. The minimum Gasteiger partial charge on any atom is -0.263 e. The smallest absolute Gasteiger partial charge is 0.236 e. The average Bonchev–Trinajstić information content (AvgIpc) is 2.85. The number of benzene rings is 1. The van der Waals surface area contributed by atoms with Crippen molar-refractivity contribution in [2.24, 2.45) is 0 Å². The molecule has 0 aliphatic rings. The first kappa shape index (κ1) is 11.8. The van der Waals surface area contributed by atoms with E-state index in [1.807, 2.05) is 30.3 Å². The third-order valence-corrected chi connectivity index (χ3v) is 2.82. The Morgan fingerprint density at radius 2 is 1.95 bits per heavy atom. The number of fused-ring (bicyclic) bond motifs is 1. The molecule has 0 bridgehead atoms. The van der Waals surface area contributed by atoms with Gasteiger partial charge < -0.3 is 0 Å². The number of imidazole rings is 1. The fourth-order valence-electron chi connectivity index (χ4n) is 2.01. The number of hydrogen-bond acceptors (Lipinski definition) is 5. The number of aromatic nitrogens is 4. The van der Waals surface area contributed by atoms with Crippen molar-refractivity contribution in [2.75, 3.05) is 0 Å². The molecule has 0 spiro atoms. The van der Waals surface area contributed by atoms with Crippen molar-refractivity contribution >= 4 is 11.0 Å². The summed E-state index contributed by atoms with van der Waals surface area (Å²) in [6.45, 7) is 0.